The molecular weight excluding hydrogens is 606 g/mol. The highest BCUT2D eigenvalue weighted by Crippen LogP contribution is 2.31. The van der Waals surface area contributed by atoms with Crippen molar-refractivity contribution in [3.8, 4) is 0 Å². The van der Waals surface area contributed by atoms with Crippen LogP contribution in [0.4, 0.5) is 5.69 Å². The Labute approximate surface area is 271 Å². The van der Waals surface area contributed by atoms with E-state index in [-0.39, 0.29) is 40.5 Å². The Morgan fingerprint density at radius 3 is 2.11 bits per heavy atom. The summed E-state index contributed by atoms with van der Waals surface area (Å²) in [5, 5.41) is 3.24. The minimum absolute atomic E-state index is 0.0293. The van der Waals surface area contributed by atoms with E-state index in [2.05, 4.69) is 5.32 Å². The Kier molecular flexibility index (Phi) is 11.4. The van der Waals surface area contributed by atoms with Gasteiger partial charge in [-0.2, -0.15) is 0 Å². The Bertz CT molecular complexity index is 1710. The van der Waals surface area contributed by atoms with Crippen molar-refractivity contribution in [2.45, 2.75) is 64.1 Å². The number of sulfonamides is 1. The zero-order chi connectivity index (χ0) is 32.6. The molecule has 0 heterocycles. The van der Waals surface area contributed by atoms with Crippen molar-refractivity contribution in [1.82, 2.24) is 10.2 Å². The van der Waals surface area contributed by atoms with Crippen LogP contribution < -0.4 is 9.62 Å². The first-order valence-electron chi connectivity index (χ1n) is 15.0. The topological polar surface area (TPSA) is 86.8 Å². The summed E-state index contributed by atoms with van der Waals surface area (Å²) in [6, 6.07) is 29.1. The van der Waals surface area contributed by atoms with E-state index in [1.54, 1.807) is 36.4 Å². The van der Waals surface area contributed by atoms with Gasteiger partial charge in [-0.1, -0.05) is 103 Å². The molecule has 4 aromatic carbocycles. The van der Waals surface area contributed by atoms with Crippen molar-refractivity contribution < 1.29 is 18.0 Å². The predicted molar refractivity (Wildman–Crippen MR) is 181 cm³/mol. The molecule has 0 aliphatic heterocycles. The van der Waals surface area contributed by atoms with Crippen LogP contribution in [0.1, 0.15) is 42.5 Å². The van der Waals surface area contributed by atoms with E-state index < -0.39 is 28.5 Å². The standard InChI is InChI=1S/C36H40ClN3O4S/c1-5-28(4)38-36(42)34(23-29-14-7-6-8-15-29)39(24-30-16-10-9-13-27(30)3)35(41)25-40(33-18-12-11-17-32(33)37)45(43,44)31-21-19-26(2)20-22-31/h6-22,28,34H,5,23-25H2,1-4H3,(H,38,42)/t28-,34+/m0/s1. The van der Waals surface area contributed by atoms with Crippen molar-refractivity contribution in [3.05, 3.63) is 130 Å². The number of benzene rings is 4. The number of hydrogen-bond donors (Lipinski definition) is 1. The second kappa shape index (κ2) is 15.2. The lowest BCUT2D eigenvalue weighted by Gasteiger charge is -2.34. The van der Waals surface area contributed by atoms with Crippen molar-refractivity contribution >= 4 is 39.1 Å². The Balaban J connectivity index is 1.83. The third-order valence-electron chi connectivity index (χ3n) is 7.88. The fraction of sp³-hybridized carbons (Fsp3) is 0.278. The predicted octanol–water partition coefficient (Wildman–Crippen LogP) is 6.71. The molecule has 7 nitrogen and oxygen atoms in total. The molecular formula is C36H40ClN3O4S. The van der Waals surface area contributed by atoms with Gasteiger partial charge in [0.2, 0.25) is 11.8 Å². The largest absolute Gasteiger partial charge is 0.352 e. The number of anilines is 1. The van der Waals surface area contributed by atoms with Crippen LogP contribution in [-0.4, -0.2) is 43.8 Å². The Hall–Kier alpha value is -4.14. The van der Waals surface area contributed by atoms with E-state index in [0.717, 1.165) is 26.6 Å². The molecule has 9 heteroatoms. The number of carbonyl (C=O) groups excluding carboxylic acids is 2. The van der Waals surface area contributed by atoms with Gasteiger partial charge in [0.05, 0.1) is 15.6 Å². The van der Waals surface area contributed by atoms with Crippen LogP contribution in [0.15, 0.2) is 108 Å². The number of para-hydroxylation sites is 1. The highest BCUT2D eigenvalue weighted by atomic mass is 35.5. The number of hydrogen-bond acceptors (Lipinski definition) is 4. The minimum Gasteiger partial charge on any atom is -0.352 e. The maximum atomic E-state index is 14.6. The molecule has 1 N–H and O–H groups in total. The summed E-state index contributed by atoms with van der Waals surface area (Å²) in [5.74, 6) is -0.838. The second-order valence-corrected chi connectivity index (χ2v) is 13.5. The van der Waals surface area contributed by atoms with Gasteiger partial charge < -0.3 is 10.2 Å². The molecule has 45 heavy (non-hydrogen) atoms. The van der Waals surface area contributed by atoms with E-state index in [4.69, 9.17) is 11.6 Å². The van der Waals surface area contributed by atoms with Crippen LogP contribution in [-0.2, 0) is 32.6 Å². The Morgan fingerprint density at radius 2 is 1.47 bits per heavy atom. The lowest BCUT2D eigenvalue weighted by molar-refractivity contribution is -0.140. The van der Waals surface area contributed by atoms with Crippen molar-refractivity contribution in [2.75, 3.05) is 10.8 Å². The zero-order valence-corrected chi connectivity index (χ0v) is 27.7. The van der Waals surface area contributed by atoms with Gasteiger partial charge in [0.15, 0.2) is 0 Å². The van der Waals surface area contributed by atoms with Gasteiger partial charge >= 0.3 is 0 Å². The normalized spacial score (nSPS) is 12.6. The number of amides is 2. The van der Waals surface area contributed by atoms with Gasteiger partial charge in [-0.15, -0.1) is 0 Å². The zero-order valence-electron chi connectivity index (χ0n) is 26.1. The molecule has 0 bridgehead atoms. The van der Waals surface area contributed by atoms with E-state index in [1.807, 2.05) is 82.3 Å². The first-order chi connectivity index (χ1) is 21.5. The van der Waals surface area contributed by atoms with E-state index in [1.165, 1.54) is 17.0 Å². The average molecular weight is 646 g/mol. The molecule has 0 aromatic heterocycles. The van der Waals surface area contributed by atoms with Crippen LogP contribution >= 0.6 is 11.6 Å². The number of carbonyl (C=O) groups is 2. The molecule has 0 unspecified atom stereocenters. The number of nitrogens with one attached hydrogen (secondary N) is 1. The maximum Gasteiger partial charge on any atom is 0.264 e. The van der Waals surface area contributed by atoms with Gasteiger partial charge in [-0.3, -0.25) is 13.9 Å². The fourth-order valence-corrected chi connectivity index (χ4v) is 6.69. The summed E-state index contributed by atoms with van der Waals surface area (Å²) in [5.41, 5.74) is 3.75. The molecule has 4 rings (SSSR count). The van der Waals surface area contributed by atoms with Gasteiger partial charge in [-0.05, 0) is 68.1 Å². The minimum atomic E-state index is -4.23. The summed E-state index contributed by atoms with van der Waals surface area (Å²) >= 11 is 6.55. The van der Waals surface area contributed by atoms with Crippen LogP contribution in [0.5, 0.6) is 0 Å². The van der Waals surface area contributed by atoms with E-state index in [9.17, 15) is 18.0 Å². The number of halogens is 1. The Morgan fingerprint density at radius 1 is 0.844 bits per heavy atom. The molecule has 0 saturated heterocycles. The quantitative estimate of drug-likeness (QED) is 0.175. The first kappa shape index (κ1) is 33.7. The van der Waals surface area contributed by atoms with E-state index in [0.29, 0.717) is 6.42 Å². The fourth-order valence-electron chi connectivity index (χ4n) is 4.97. The molecule has 0 aliphatic rings. The van der Waals surface area contributed by atoms with Gasteiger partial charge in [0.25, 0.3) is 10.0 Å². The summed E-state index contributed by atoms with van der Waals surface area (Å²) in [6.45, 7) is 7.25. The van der Waals surface area contributed by atoms with Crippen molar-refractivity contribution in [2.24, 2.45) is 0 Å². The van der Waals surface area contributed by atoms with Gasteiger partial charge in [0, 0.05) is 19.0 Å². The average Bonchev–Trinajstić information content (AvgIpc) is 3.03. The molecule has 0 spiro atoms. The van der Waals surface area contributed by atoms with Crippen molar-refractivity contribution in [3.63, 3.8) is 0 Å². The number of nitrogens with zero attached hydrogens (tertiary/aromatic N) is 2. The summed E-state index contributed by atoms with van der Waals surface area (Å²) in [6.07, 6.45) is 0.960. The lowest BCUT2D eigenvalue weighted by Crippen LogP contribution is -2.54. The molecule has 0 aliphatic carbocycles. The number of rotatable bonds is 13. The monoisotopic (exact) mass is 645 g/mol. The molecule has 2 atom stereocenters. The third kappa shape index (κ3) is 8.53. The van der Waals surface area contributed by atoms with Gasteiger partial charge in [-0.25, -0.2) is 8.42 Å². The maximum absolute atomic E-state index is 14.6. The highest BCUT2D eigenvalue weighted by Gasteiger charge is 2.35. The lowest BCUT2D eigenvalue weighted by atomic mass is 10.0. The van der Waals surface area contributed by atoms with Crippen LogP contribution in [0.25, 0.3) is 0 Å². The summed E-state index contributed by atoms with van der Waals surface area (Å²) in [4.78, 5) is 30.0. The third-order valence-corrected chi connectivity index (χ3v) is 9.98. The molecule has 0 radical (unpaired) electrons. The van der Waals surface area contributed by atoms with Crippen LogP contribution in [0, 0.1) is 13.8 Å². The smallest absolute Gasteiger partial charge is 0.264 e. The van der Waals surface area contributed by atoms with Crippen molar-refractivity contribution in [1.29, 1.82) is 0 Å². The summed E-state index contributed by atoms with van der Waals surface area (Å²) < 4.78 is 29.4. The first-order valence-corrected chi connectivity index (χ1v) is 16.8. The van der Waals surface area contributed by atoms with Crippen LogP contribution in [0.3, 0.4) is 0 Å². The number of aryl methyl sites for hydroxylation is 2. The van der Waals surface area contributed by atoms with Gasteiger partial charge in [0.1, 0.15) is 12.6 Å². The van der Waals surface area contributed by atoms with Crippen LogP contribution in [0.2, 0.25) is 5.02 Å². The highest BCUT2D eigenvalue weighted by molar-refractivity contribution is 7.92. The molecule has 2 amide bonds. The molecule has 0 saturated carbocycles. The molecule has 4 aromatic rings. The summed E-state index contributed by atoms with van der Waals surface area (Å²) in [7, 11) is -4.23. The molecule has 0 fully saturated rings. The van der Waals surface area contributed by atoms with E-state index >= 15 is 0 Å². The second-order valence-electron chi connectivity index (χ2n) is 11.2. The SMILES string of the molecule is CC[C@H](C)NC(=O)[C@@H](Cc1ccccc1)N(Cc1ccccc1C)C(=O)CN(c1ccccc1Cl)S(=O)(=O)c1ccc(C)cc1. The molecule has 236 valence electrons.